The maximum Gasteiger partial charge on any atom is 0.206 e. The van der Waals surface area contributed by atoms with Crippen molar-refractivity contribution < 1.29 is 4.74 Å². The molecule has 5 heteroatoms. The third kappa shape index (κ3) is 2.65. The first kappa shape index (κ1) is 11.7. The van der Waals surface area contributed by atoms with Gasteiger partial charge in [0.2, 0.25) is 5.96 Å². The Morgan fingerprint density at radius 2 is 2.31 bits per heavy atom. The largest absolute Gasteiger partial charge is 0.373 e. The molecule has 2 heterocycles. The molecule has 2 aliphatic heterocycles. The van der Waals surface area contributed by atoms with Crippen molar-refractivity contribution in [2.75, 3.05) is 6.54 Å². The van der Waals surface area contributed by atoms with Gasteiger partial charge in [0.25, 0.3) is 0 Å². The number of nitrogens with zero attached hydrogens (tertiary/aromatic N) is 1. The molecule has 2 aliphatic rings. The van der Waals surface area contributed by atoms with Gasteiger partial charge in [-0.25, -0.2) is 5.84 Å². The molecule has 0 aromatic heterocycles. The van der Waals surface area contributed by atoms with E-state index in [1.165, 1.54) is 6.42 Å². The lowest BCUT2D eigenvalue weighted by Crippen LogP contribution is -2.49. The maximum absolute atomic E-state index is 5.77. The highest BCUT2D eigenvalue weighted by atomic mass is 16.5. The number of hydrogen-bond donors (Lipinski definition) is 3. The minimum atomic E-state index is 0.350. The van der Waals surface area contributed by atoms with E-state index >= 15 is 0 Å². The molecule has 2 bridgehead atoms. The molecule has 0 aromatic carbocycles. The highest BCUT2D eigenvalue weighted by Crippen LogP contribution is 2.34. The number of rotatable bonds is 3. The Morgan fingerprint density at radius 1 is 1.50 bits per heavy atom. The van der Waals surface area contributed by atoms with Gasteiger partial charge in [0.15, 0.2) is 0 Å². The van der Waals surface area contributed by atoms with E-state index in [0.29, 0.717) is 30.1 Å². The smallest absolute Gasteiger partial charge is 0.206 e. The molecule has 0 saturated carbocycles. The molecule has 4 N–H and O–H groups in total. The van der Waals surface area contributed by atoms with Gasteiger partial charge in [0, 0.05) is 6.54 Å². The van der Waals surface area contributed by atoms with Crippen LogP contribution in [0.1, 0.15) is 33.1 Å². The van der Waals surface area contributed by atoms with Crippen LogP contribution < -0.4 is 16.6 Å². The van der Waals surface area contributed by atoms with Crippen molar-refractivity contribution in [3.05, 3.63) is 0 Å². The van der Waals surface area contributed by atoms with Gasteiger partial charge in [-0.2, -0.15) is 0 Å². The average molecular weight is 226 g/mol. The number of hydrazine groups is 1. The van der Waals surface area contributed by atoms with Crippen molar-refractivity contribution >= 4 is 5.96 Å². The SMILES string of the molecule is CC(C)CN=C(NN)NC1CC2CCC1O2. The third-order valence-corrected chi connectivity index (χ3v) is 3.18. The molecule has 0 aromatic rings. The molecular weight excluding hydrogens is 204 g/mol. The van der Waals surface area contributed by atoms with E-state index in [-0.39, 0.29) is 0 Å². The van der Waals surface area contributed by atoms with Crippen LogP contribution in [-0.2, 0) is 4.74 Å². The second kappa shape index (κ2) is 5.01. The quantitative estimate of drug-likeness (QED) is 0.281. The lowest BCUT2D eigenvalue weighted by atomic mass is 9.96. The third-order valence-electron chi connectivity index (χ3n) is 3.18. The second-order valence-electron chi connectivity index (χ2n) is 5.09. The molecule has 0 amide bonds. The van der Waals surface area contributed by atoms with E-state index in [0.717, 1.165) is 19.4 Å². The van der Waals surface area contributed by atoms with Gasteiger partial charge >= 0.3 is 0 Å². The molecule has 0 radical (unpaired) electrons. The van der Waals surface area contributed by atoms with Crippen molar-refractivity contribution in [3.63, 3.8) is 0 Å². The van der Waals surface area contributed by atoms with Gasteiger partial charge in [0.05, 0.1) is 18.2 Å². The standard InChI is InChI=1S/C11H22N4O/c1-7(2)6-13-11(15-12)14-9-5-8-3-4-10(9)16-8/h7-10H,3-6,12H2,1-2H3,(H2,13,14,15). The summed E-state index contributed by atoms with van der Waals surface area (Å²) in [6, 6.07) is 0.376. The topological polar surface area (TPSA) is 71.7 Å². The average Bonchev–Trinajstić information content (AvgIpc) is 2.85. The van der Waals surface area contributed by atoms with E-state index in [2.05, 4.69) is 29.6 Å². The number of nitrogens with two attached hydrogens (primary N) is 1. The summed E-state index contributed by atoms with van der Waals surface area (Å²) in [6.45, 7) is 5.06. The summed E-state index contributed by atoms with van der Waals surface area (Å²) in [5, 5.41) is 3.34. The first-order valence-corrected chi connectivity index (χ1v) is 6.12. The summed E-state index contributed by atoms with van der Waals surface area (Å²) in [4.78, 5) is 4.40. The normalized spacial score (nSPS) is 33.5. The molecule has 2 fully saturated rings. The summed E-state index contributed by atoms with van der Waals surface area (Å²) >= 11 is 0. The predicted octanol–water partition coefficient (Wildman–Crippen LogP) is 0.371. The summed E-state index contributed by atoms with van der Waals surface area (Å²) in [5.41, 5.74) is 2.63. The Balaban J connectivity index is 1.85. The monoisotopic (exact) mass is 226 g/mol. The lowest BCUT2D eigenvalue weighted by Gasteiger charge is -2.21. The van der Waals surface area contributed by atoms with Gasteiger partial charge in [-0.15, -0.1) is 0 Å². The van der Waals surface area contributed by atoms with Crippen LogP contribution in [0.25, 0.3) is 0 Å². The van der Waals surface area contributed by atoms with Crippen LogP contribution in [0.2, 0.25) is 0 Å². The predicted molar refractivity (Wildman–Crippen MR) is 63.9 cm³/mol. The number of ether oxygens (including phenoxy) is 1. The van der Waals surface area contributed by atoms with Gasteiger partial charge < -0.3 is 10.1 Å². The minimum absolute atomic E-state index is 0.350. The van der Waals surface area contributed by atoms with Crippen LogP contribution >= 0.6 is 0 Å². The molecule has 92 valence electrons. The van der Waals surface area contributed by atoms with Crippen LogP contribution in [0.15, 0.2) is 4.99 Å². The van der Waals surface area contributed by atoms with Crippen LogP contribution in [-0.4, -0.2) is 30.8 Å². The zero-order chi connectivity index (χ0) is 11.5. The first-order chi connectivity index (χ1) is 7.69. The fraction of sp³-hybridized carbons (Fsp3) is 0.909. The van der Waals surface area contributed by atoms with Crippen LogP contribution in [0, 0.1) is 5.92 Å². The number of guanidine groups is 1. The van der Waals surface area contributed by atoms with E-state index in [1.54, 1.807) is 0 Å². The highest BCUT2D eigenvalue weighted by Gasteiger charge is 2.41. The summed E-state index contributed by atoms with van der Waals surface area (Å²) in [7, 11) is 0. The molecular formula is C11H22N4O. The Hall–Kier alpha value is -0.810. The van der Waals surface area contributed by atoms with E-state index in [1.807, 2.05) is 0 Å². The van der Waals surface area contributed by atoms with Crippen molar-refractivity contribution in [1.82, 2.24) is 10.7 Å². The zero-order valence-electron chi connectivity index (χ0n) is 10.1. The molecule has 16 heavy (non-hydrogen) atoms. The van der Waals surface area contributed by atoms with Crippen LogP contribution in [0.4, 0.5) is 0 Å². The van der Waals surface area contributed by atoms with E-state index in [9.17, 15) is 0 Å². The van der Waals surface area contributed by atoms with Crippen LogP contribution in [0.3, 0.4) is 0 Å². The van der Waals surface area contributed by atoms with Gasteiger partial charge in [-0.05, 0) is 25.2 Å². The van der Waals surface area contributed by atoms with E-state index < -0.39 is 0 Å². The fourth-order valence-electron chi connectivity index (χ4n) is 2.37. The molecule has 0 aliphatic carbocycles. The first-order valence-electron chi connectivity index (χ1n) is 6.12. The van der Waals surface area contributed by atoms with Crippen LogP contribution in [0.5, 0.6) is 0 Å². The Bertz CT molecular complexity index is 267. The number of hydrogen-bond acceptors (Lipinski definition) is 3. The fourth-order valence-corrected chi connectivity index (χ4v) is 2.37. The highest BCUT2D eigenvalue weighted by molar-refractivity contribution is 5.79. The summed E-state index contributed by atoms with van der Waals surface area (Å²) < 4.78 is 5.77. The maximum atomic E-state index is 5.77. The van der Waals surface area contributed by atoms with Crippen molar-refractivity contribution in [2.45, 2.75) is 51.4 Å². The van der Waals surface area contributed by atoms with Gasteiger partial charge in [-0.3, -0.25) is 10.4 Å². The number of nitrogens with one attached hydrogen (secondary N) is 2. The molecule has 2 rings (SSSR count). The van der Waals surface area contributed by atoms with Crippen molar-refractivity contribution in [3.8, 4) is 0 Å². The molecule has 5 nitrogen and oxygen atoms in total. The summed E-state index contributed by atoms with van der Waals surface area (Å²) in [5.74, 6) is 6.68. The van der Waals surface area contributed by atoms with Gasteiger partial charge in [0.1, 0.15) is 0 Å². The van der Waals surface area contributed by atoms with E-state index in [4.69, 9.17) is 10.6 Å². The number of fused-ring (bicyclic) bond motifs is 2. The lowest BCUT2D eigenvalue weighted by molar-refractivity contribution is 0.0992. The van der Waals surface area contributed by atoms with Crippen molar-refractivity contribution in [1.29, 1.82) is 0 Å². The second-order valence-corrected chi connectivity index (χ2v) is 5.09. The zero-order valence-corrected chi connectivity index (χ0v) is 10.1. The molecule has 2 saturated heterocycles. The Morgan fingerprint density at radius 3 is 2.81 bits per heavy atom. The molecule has 3 atom stereocenters. The molecule has 3 unspecified atom stereocenters. The Labute approximate surface area is 96.8 Å². The number of aliphatic imine (C=N–C) groups is 1. The minimum Gasteiger partial charge on any atom is -0.373 e. The summed E-state index contributed by atoms with van der Waals surface area (Å²) in [6.07, 6.45) is 4.24. The van der Waals surface area contributed by atoms with Gasteiger partial charge in [-0.1, -0.05) is 13.8 Å². The molecule has 0 spiro atoms. The van der Waals surface area contributed by atoms with Crippen molar-refractivity contribution in [2.24, 2.45) is 16.8 Å². The Kier molecular flexibility index (Phi) is 3.66.